The molecule has 0 aliphatic heterocycles. The maximum Gasteiger partial charge on any atom is 0.147 e. The third-order valence-electron chi connectivity index (χ3n) is 8.82. The molecule has 0 fully saturated rings. The lowest BCUT2D eigenvalue weighted by molar-refractivity contribution is 0.811. The number of aryl methyl sites for hydroxylation is 1. The van der Waals surface area contributed by atoms with Crippen LogP contribution in [-0.2, 0) is 0 Å². The topological polar surface area (TPSA) is 17.8 Å². The van der Waals surface area contributed by atoms with Crippen molar-refractivity contribution in [2.75, 3.05) is 0 Å². The second-order valence-corrected chi connectivity index (χ2v) is 13.3. The maximum absolute atomic E-state index is 7.87. The fourth-order valence-electron chi connectivity index (χ4n) is 6.74. The molecular formula is C40H34N2S. The van der Waals surface area contributed by atoms with Gasteiger partial charge in [-0.15, -0.1) is 11.3 Å². The summed E-state index contributed by atoms with van der Waals surface area (Å²) in [6.45, 7) is 6.95. The van der Waals surface area contributed by atoms with Crippen molar-refractivity contribution in [2.45, 2.75) is 46.4 Å². The Morgan fingerprint density at radius 1 is 0.674 bits per heavy atom. The van der Waals surface area contributed by atoms with Gasteiger partial charge < -0.3 is 0 Å². The van der Waals surface area contributed by atoms with Crippen molar-refractivity contribution in [2.24, 2.45) is 0 Å². The Morgan fingerprint density at radius 3 is 2.19 bits per heavy atom. The number of benzene rings is 6. The number of nitrogens with zero attached hydrogens (tertiary/aromatic N) is 2. The van der Waals surface area contributed by atoms with Crippen LogP contribution in [0.1, 0.15) is 60.3 Å². The second kappa shape index (κ2) is 9.79. The van der Waals surface area contributed by atoms with E-state index in [9.17, 15) is 0 Å². The first-order valence-corrected chi connectivity index (χ1v) is 15.8. The molecule has 0 N–H and O–H groups in total. The minimum Gasteiger partial charge on any atom is -0.292 e. The Balaban J connectivity index is 1.42. The monoisotopic (exact) mass is 577 g/mol. The molecule has 0 atom stereocenters. The Kier molecular flexibility index (Phi) is 5.25. The van der Waals surface area contributed by atoms with Crippen LogP contribution >= 0.6 is 11.3 Å². The van der Waals surface area contributed by atoms with Crippen molar-refractivity contribution in [3.8, 4) is 17.1 Å². The Hall–Kier alpha value is -4.47. The molecular weight excluding hydrogens is 541 g/mol. The first-order chi connectivity index (χ1) is 22.1. The lowest BCUT2D eigenvalue weighted by atomic mass is 9.92. The molecule has 0 unspecified atom stereocenters. The third-order valence-corrected chi connectivity index (χ3v) is 10.0. The summed E-state index contributed by atoms with van der Waals surface area (Å²) in [7, 11) is 0. The second-order valence-electron chi connectivity index (χ2n) is 12.2. The molecule has 0 radical (unpaired) electrons. The van der Waals surface area contributed by atoms with Crippen LogP contribution in [0, 0.1) is 6.85 Å². The fourth-order valence-corrected chi connectivity index (χ4v) is 7.97. The molecule has 0 amide bonds. The zero-order chi connectivity index (χ0) is 31.9. The van der Waals surface area contributed by atoms with Crippen LogP contribution in [0.5, 0.6) is 0 Å². The zero-order valence-corrected chi connectivity index (χ0v) is 25.6. The van der Waals surface area contributed by atoms with E-state index in [1.54, 1.807) is 23.5 Å². The highest BCUT2D eigenvalue weighted by Gasteiger charge is 2.23. The maximum atomic E-state index is 7.87. The van der Waals surface area contributed by atoms with Gasteiger partial charge in [0.1, 0.15) is 5.82 Å². The molecule has 8 rings (SSSR count). The Bertz CT molecular complexity index is 2450. The first kappa shape index (κ1) is 23.0. The van der Waals surface area contributed by atoms with E-state index in [4.69, 9.17) is 9.10 Å². The van der Waals surface area contributed by atoms with E-state index in [1.165, 1.54) is 37.0 Å². The summed E-state index contributed by atoms with van der Waals surface area (Å²) >= 11 is 1.81. The van der Waals surface area contributed by atoms with E-state index in [2.05, 4.69) is 111 Å². The van der Waals surface area contributed by atoms with Crippen LogP contribution in [0.4, 0.5) is 0 Å². The highest BCUT2D eigenvalue weighted by Crippen LogP contribution is 2.44. The molecule has 2 aromatic heterocycles. The van der Waals surface area contributed by atoms with Crippen LogP contribution in [0.2, 0.25) is 0 Å². The van der Waals surface area contributed by atoms with Crippen molar-refractivity contribution in [3.63, 3.8) is 0 Å². The smallest absolute Gasteiger partial charge is 0.147 e. The molecule has 0 aliphatic rings. The summed E-state index contributed by atoms with van der Waals surface area (Å²) in [5, 5.41) is 6.73. The largest absolute Gasteiger partial charge is 0.292 e. The average Bonchev–Trinajstić information content (AvgIpc) is 3.60. The van der Waals surface area contributed by atoms with Gasteiger partial charge in [0.2, 0.25) is 0 Å². The Morgan fingerprint density at radius 2 is 1.42 bits per heavy atom. The van der Waals surface area contributed by atoms with Gasteiger partial charge in [-0.05, 0) is 81.7 Å². The highest BCUT2D eigenvalue weighted by atomic mass is 32.1. The number of thiophene rings is 1. The van der Waals surface area contributed by atoms with Crippen LogP contribution in [0.15, 0.2) is 103 Å². The molecule has 8 aromatic rings. The SMILES string of the molecule is [2H]C([2H])([2H])c1ccc2c(ccc3cc4c(cc32)sc2c(-c3nc5ccccc5n3-c3c(C(C)C)cccc3C(C)C)cccc24)c1. The van der Waals surface area contributed by atoms with E-state index in [0.29, 0.717) is 17.4 Å². The molecule has 0 spiro atoms. The van der Waals surface area contributed by atoms with Crippen LogP contribution in [0.3, 0.4) is 0 Å². The van der Waals surface area contributed by atoms with Gasteiger partial charge >= 0.3 is 0 Å². The quantitative estimate of drug-likeness (QED) is 0.190. The van der Waals surface area contributed by atoms with E-state index in [0.717, 1.165) is 44.0 Å². The van der Waals surface area contributed by atoms with Crippen molar-refractivity contribution in [1.82, 2.24) is 9.55 Å². The number of rotatable bonds is 4. The molecule has 0 bridgehead atoms. The van der Waals surface area contributed by atoms with Crippen LogP contribution in [-0.4, -0.2) is 9.55 Å². The number of para-hydroxylation sites is 3. The lowest BCUT2D eigenvalue weighted by Crippen LogP contribution is -2.08. The highest BCUT2D eigenvalue weighted by molar-refractivity contribution is 7.26. The van der Waals surface area contributed by atoms with Gasteiger partial charge in [0, 0.05) is 29.8 Å². The minimum atomic E-state index is -2.13. The van der Waals surface area contributed by atoms with Crippen molar-refractivity contribution in [3.05, 3.63) is 120 Å². The number of imidazole rings is 1. The van der Waals surface area contributed by atoms with Crippen LogP contribution < -0.4 is 0 Å². The summed E-state index contributed by atoms with van der Waals surface area (Å²) in [6, 6.07) is 36.0. The Labute approximate surface area is 260 Å². The molecule has 0 saturated carbocycles. The molecule has 210 valence electrons. The van der Waals surface area contributed by atoms with E-state index >= 15 is 0 Å². The van der Waals surface area contributed by atoms with Gasteiger partial charge in [-0.25, -0.2) is 4.98 Å². The predicted molar refractivity (Wildman–Crippen MR) is 187 cm³/mol. The number of hydrogen-bond donors (Lipinski definition) is 0. The number of aromatic nitrogens is 2. The van der Waals surface area contributed by atoms with Gasteiger partial charge in [0.15, 0.2) is 0 Å². The van der Waals surface area contributed by atoms with Gasteiger partial charge in [-0.2, -0.15) is 0 Å². The van der Waals surface area contributed by atoms with E-state index in [-0.39, 0.29) is 0 Å². The molecule has 3 heteroatoms. The zero-order valence-electron chi connectivity index (χ0n) is 27.8. The normalized spacial score (nSPS) is 13.6. The summed E-state index contributed by atoms with van der Waals surface area (Å²) in [5.41, 5.74) is 7.46. The van der Waals surface area contributed by atoms with Crippen molar-refractivity contribution < 1.29 is 4.11 Å². The summed E-state index contributed by atoms with van der Waals surface area (Å²) in [6.07, 6.45) is 0. The molecule has 2 heterocycles. The van der Waals surface area contributed by atoms with Crippen molar-refractivity contribution in [1.29, 1.82) is 0 Å². The average molecular weight is 578 g/mol. The van der Waals surface area contributed by atoms with Crippen molar-refractivity contribution >= 4 is 64.1 Å². The van der Waals surface area contributed by atoms with E-state index in [1.807, 2.05) is 12.1 Å². The molecule has 0 aliphatic carbocycles. The molecule has 43 heavy (non-hydrogen) atoms. The molecule has 2 nitrogen and oxygen atoms in total. The minimum absolute atomic E-state index is 0.348. The molecule has 6 aromatic carbocycles. The third kappa shape index (κ3) is 4.02. The van der Waals surface area contributed by atoms with Gasteiger partial charge in [0.05, 0.1) is 16.7 Å². The van der Waals surface area contributed by atoms with E-state index < -0.39 is 6.85 Å². The van der Waals surface area contributed by atoms with Gasteiger partial charge in [-0.1, -0.05) is 106 Å². The summed E-state index contributed by atoms with van der Waals surface area (Å²) in [5.74, 6) is 1.66. The summed E-state index contributed by atoms with van der Waals surface area (Å²) < 4.78 is 28.4. The molecule has 0 saturated heterocycles. The number of hydrogen-bond acceptors (Lipinski definition) is 2. The number of fused-ring (bicyclic) bond motifs is 7. The van der Waals surface area contributed by atoms with Gasteiger partial charge in [0.25, 0.3) is 0 Å². The summed E-state index contributed by atoms with van der Waals surface area (Å²) in [4.78, 5) is 5.33. The lowest BCUT2D eigenvalue weighted by Gasteiger charge is -2.22. The first-order valence-electron chi connectivity index (χ1n) is 16.5. The van der Waals surface area contributed by atoms with Crippen LogP contribution in [0.25, 0.3) is 69.8 Å². The van der Waals surface area contributed by atoms with Gasteiger partial charge in [-0.3, -0.25) is 4.57 Å². The predicted octanol–water partition coefficient (Wildman–Crippen LogP) is 11.9. The standard InChI is InChI=1S/C40H34N2S/c1-23(2)28-10-8-11-29(24(3)4)38(28)42-36-15-7-6-14-35(36)41-40(42)32-13-9-12-31-34-21-27-18-17-26-20-25(5)16-19-30(26)33(27)22-37(34)43-39(31)32/h6-24H,1-5H3/i5D3. The fraction of sp³-hybridized carbons (Fsp3) is 0.175.